The van der Waals surface area contributed by atoms with Crippen molar-refractivity contribution < 1.29 is 0 Å². The predicted octanol–water partition coefficient (Wildman–Crippen LogP) is 1.64. The largest absolute Gasteiger partial charge is 0.291 e. The van der Waals surface area contributed by atoms with E-state index in [9.17, 15) is 0 Å². The summed E-state index contributed by atoms with van der Waals surface area (Å²) in [6, 6.07) is 0.524. The third-order valence-electron chi connectivity index (χ3n) is 4.33. The van der Waals surface area contributed by atoms with Crippen molar-refractivity contribution in [2.24, 2.45) is 0 Å². The Morgan fingerprint density at radius 2 is 2.27 bits per heavy atom. The van der Waals surface area contributed by atoms with Gasteiger partial charge < -0.3 is 0 Å². The van der Waals surface area contributed by atoms with Gasteiger partial charge >= 0.3 is 0 Å². The minimum absolute atomic E-state index is 0.524. The molecular weight excluding hydrogens is 278 g/mol. The molecule has 1 atom stereocenters. The van der Waals surface area contributed by atoms with E-state index in [4.69, 9.17) is 0 Å². The Balaban J connectivity index is 1.62. The topological polar surface area (TPSA) is 64.7 Å². The molecule has 2 aromatic heterocycles. The molecule has 1 aliphatic rings. The van der Waals surface area contributed by atoms with Crippen LogP contribution in [-0.2, 0) is 19.6 Å². The molecular formula is C15H25N7. The van der Waals surface area contributed by atoms with Crippen LogP contribution in [0.15, 0.2) is 12.4 Å². The Bertz CT molecular complexity index is 588. The number of hydrogen-bond acceptors (Lipinski definition) is 5. The van der Waals surface area contributed by atoms with Crippen molar-refractivity contribution in [3.05, 3.63) is 23.8 Å². The summed E-state index contributed by atoms with van der Waals surface area (Å²) in [6.07, 6.45) is 8.77. The maximum atomic E-state index is 4.41. The SMILES string of the molecule is CCCCn1nnnc1CN1CCCC1Cn1cc(C)cn1. The number of tetrazole rings is 1. The molecule has 0 bridgehead atoms. The monoisotopic (exact) mass is 303 g/mol. The van der Waals surface area contributed by atoms with Gasteiger partial charge in [0.2, 0.25) is 0 Å². The molecule has 7 nitrogen and oxygen atoms in total. The summed E-state index contributed by atoms with van der Waals surface area (Å²) in [6.45, 7) is 8.08. The van der Waals surface area contributed by atoms with E-state index < -0.39 is 0 Å². The molecule has 1 saturated heterocycles. The van der Waals surface area contributed by atoms with Crippen molar-refractivity contribution >= 4 is 0 Å². The molecule has 3 heterocycles. The molecule has 0 saturated carbocycles. The van der Waals surface area contributed by atoms with Crippen molar-refractivity contribution in [2.75, 3.05) is 6.54 Å². The molecule has 0 aromatic carbocycles. The summed E-state index contributed by atoms with van der Waals surface area (Å²) in [7, 11) is 0. The van der Waals surface area contributed by atoms with Crippen LogP contribution < -0.4 is 0 Å². The van der Waals surface area contributed by atoms with Gasteiger partial charge in [0.25, 0.3) is 0 Å². The number of aryl methyl sites for hydroxylation is 2. The van der Waals surface area contributed by atoms with Gasteiger partial charge in [0.1, 0.15) is 0 Å². The lowest BCUT2D eigenvalue weighted by molar-refractivity contribution is 0.210. The maximum absolute atomic E-state index is 4.41. The Labute approximate surface area is 131 Å². The third kappa shape index (κ3) is 3.52. The number of aromatic nitrogens is 6. The molecule has 0 spiro atoms. The highest BCUT2D eigenvalue weighted by Crippen LogP contribution is 2.20. The highest BCUT2D eigenvalue weighted by molar-refractivity contribution is 5.00. The van der Waals surface area contributed by atoms with E-state index in [1.54, 1.807) is 0 Å². The van der Waals surface area contributed by atoms with E-state index in [1.165, 1.54) is 18.4 Å². The van der Waals surface area contributed by atoms with E-state index in [1.807, 2.05) is 10.9 Å². The van der Waals surface area contributed by atoms with Gasteiger partial charge in [0.05, 0.1) is 19.3 Å². The molecule has 2 aromatic rings. The second kappa shape index (κ2) is 7.00. The predicted molar refractivity (Wildman–Crippen MR) is 83.1 cm³/mol. The Hall–Kier alpha value is -1.76. The van der Waals surface area contributed by atoms with Crippen LogP contribution in [0.3, 0.4) is 0 Å². The first-order valence-electron chi connectivity index (χ1n) is 8.24. The van der Waals surface area contributed by atoms with Gasteiger partial charge in [-0.05, 0) is 48.7 Å². The first-order valence-corrected chi connectivity index (χ1v) is 8.24. The third-order valence-corrected chi connectivity index (χ3v) is 4.33. The second-order valence-corrected chi connectivity index (χ2v) is 6.18. The Morgan fingerprint density at radius 1 is 1.36 bits per heavy atom. The van der Waals surface area contributed by atoms with Crippen LogP contribution in [0.25, 0.3) is 0 Å². The molecule has 0 N–H and O–H groups in total. The highest BCUT2D eigenvalue weighted by atomic mass is 15.5. The molecule has 0 radical (unpaired) electrons. The summed E-state index contributed by atoms with van der Waals surface area (Å²) in [5, 5.41) is 16.6. The summed E-state index contributed by atoms with van der Waals surface area (Å²) < 4.78 is 4.01. The van der Waals surface area contributed by atoms with Crippen molar-refractivity contribution in [3.8, 4) is 0 Å². The summed E-state index contributed by atoms with van der Waals surface area (Å²) in [5.74, 6) is 0.983. The zero-order chi connectivity index (χ0) is 15.4. The van der Waals surface area contributed by atoms with Crippen molar-refractivity contribution in [1.82, 2.24) is 34.9 Å². The number of likely N-dealkylation sites (tertiary alicyclic amines) is 1. The lowest BCUT2D eigenvalue weighted by atomic mass is 10.2. The average molecular weight is 303 g/mol. The number of rotatable bonds is 7. The van der Waals surface area contributed by atoms with Crippen LogP contribution in [0.5, 0.6) is 0 Å². The van der Waals surface area contributed by atoms with Gasteiger partial charge in [-0.2, -0.15) is 5.10 Å². The van der Waals surface area contributed by atoms with Gasteiger partial charge in [0.15, 0.2) is 5.82 Å². The smallest absolute Gasteiger partial charge is 0.165 e. The molecule has 0 amide bonds. The first kappa shape index (κ1) is 15.1. The van der Waals surface area contributed by atoms with Gasteiger partial charge in [-0.1, -0.05) is 13.3 Å². The Morgan fingerprint density at radius 3 is 3.05 bits per heavy atom. The minimum Gasteiger partial charge on any atom is -0.291 e. The van der Waals surface area contributed by atoms with Crippen LogP contribution in [0.1, 0.15) is 44.0 Å². The molecule has 22 heavy (non-hydrogen) atoms. The molecule has 1 aliphatic heterocycles. The zero-order valence-electron chi connectivity index (χ0n) is 13.5. The standard InChI is InChI=1S/C15H25N7/c1-3-4-8-22-15(17-18-19-22)12-20-7-5-6-14(20)11-21-10-13(2)9-16-21/h9-10,14H,3-8,11-12H2,1-2H3. The van der Waals surface area contributed by atoms with E-state index in [0.717, 1.165) is 44.8 Å². The van der Waals surface area contributed by atoms with E-state index in [2.05, 4.69) is 50.3 Å². The van der Waals surface area contributed by atoms with Crippen molar-refractivity contribution in [3.63, 3.8) is 0 Å². The van der Waals surface area contributed by atoms with Gasteiger partial charge in [0, 0.05) is 18.8 Å². The van der Waals surface area contributed by atoms with Gasteiger partial charge in [-0.3, -0.25) is 9.58 Å². The normalized spacial score (nSPS) is 19.1. The fourth-order valence-corrected chi connectivity index (χ4v) is 3.09. The van der Waals surface area contributed by atoms with Crippen LogP contribution in [0.2, 0.25) is 0 Å². The molecule has 1 fully saturated rings. The molecule has 120 valence electrons. The summed E-state index contributed by atoms with van der Waals surface area (Å²) in [5.41, 5.74) is 1.22. The molecule has 3 rings (SSSR count). The van der Waals surface area contributed by atoms with Crippen molar-refractivity contribution in [1.29, 1.82) is 0 Å². The Kier molecular flexibility index (Phi) is 4.82. The molecule has 1 unspecified atom stereocenters. The first-order chi connectivity index (χ1) is 10.8. The van der Waals surface area contributed by atoms with Crippen LogP contribution in [0.4, 0.5) is 0 Å². The minimum atomic E-state index is 0.524. The fraction of sp³-hybridized carbons (Fsp3) is 0.733. The van der Waals surface area contributed by atoms with Crippen LogP contribution in [-0.4, -0.2) is 47.5 Å². The lowest BCUT2D eigenvalue weighted by Crippen LogP contribution is -2.33. The number of hydrogen-bond donors (Lipinski definition) is 0. The van der Waals surface area contributed by atoms with E-state index in [0.29, 0.717) is 6.04 Å². The van der Waals surface area contributed by atoms with Crippen LogP contribution >= 0.6 is 0 Å². The van der Waals surface area contributed by atoms with Crippen molar-refractivity contribution in [2.45, 2.75) is 65.2 Å². The lowest BCUT2D eigenvalue weighted by Gasteiger charge is -2.23. The summed E-state index contributed by atoms with van der Waals surface area (Å²) in [4.78, 5) is 2.49. The number of unbranched alkanes of at least 4 members (excludes halogenated alkanes) is 1. The van der Waals surface area contributed by atoms with Crippen LogP contribution in [0, 0.1) is 6.92 Å². The number of nitrogens with zero attached hydrogens (tertiary/aromatic N) is 7. The van der Waals surface area contributed by atoms with E-state index in [-0.39, 0.29) is 0 Å². The van der Waals surface area contributed by atoms with E-state index >= 15 is 0 Å². The second-order valence-electron chi connectivity index (χ2n) is 6.18. The zero-order valence-corrected chi connectivity index (χ0v) is 13.5. The molecule has 0 aliphatic carbocycles. The van der Waals surface area contributed by atoms with Gasteiger partial charge in [-0.25, -0.2) is 4.68 Å². The summed E-state index contributed by atoms with van der Waals surface area (Å²) >= 11 is 0. The maximum Gasteiger partial charge on any atom is 0.165 e. The quantitative estimate of drug-likeness (QED) is 0.778. The average Bonchev–Trinajstić information content (AvgIpc) is 3.21. The highest BCUT2D eigenvalue weighted by Gasteiger charge is 2.26. The van der Waals surface area contributed by atoms with Gasteiger partial charge in [-0.15, -0.1) is 5.10 Å². The fourth-order valence-electron chi connectivity index (χ4n) is 3.09. The molecule has 7 heteroatoms.